The van der Waals surface area contributed by atoms with Crippen LogP contribution in [0.2, 0.25) is 0 Å². The smallest absolute Gasteiger partial charge is 0.343 e. The molecule has 0 radical (unpaired) electrons. The monoisotopic (exact) mass is 304 g/mol. The fourth-order valence-corrected chi connectivity index (χ4v) is 2.09. The fraction of sp³-hybridized carbons (Fsp3) is 0.0500. The van der Waals surface area contributed by atoms with Crippen molar-refractivity contribution < 1.29 is 14.3 Å². The molecule has 0 unspecified atom stereocenters. The molecule has 0 aliphatic carbocycles. The molecule has 0 N–H and O–H groups in total. The minimum absolute atomic E-state index is 0.372. The number of hydrogen-bond acceptors (Lipinski definition) is 3. The highest BCUT2D eigenvalue weighted by atomic mass is 16.5. The van der Waals surface area contributed by atoms with E-state index in [-0.39, 0.29) is 5.97 Å². The molecule has 3 aromatic carbocycles. The van der Waals surface area contributed by atoms with Gasteiger partial charge in [0.1, 0.15) is 18.1 Å². The van der Waals surface area contributed by atoms with Gasteiger partial charge in [0.25, 0.3) is 0 Å². The van der Waals surface area contributed by atoms with Crippen LogP contribution in [0.15, 0.2) is 84.9 Å². The van der Waals surface area contributed by atoms with Gasteiger partial charge in [0, 0.05) is 0 Å². The molecule has 0 atom stereocenters. The van der Waals surface area contributed by atoms with Crippen LogP contribution < -0.4 is 9.47 Å². The second-order valence-corrected chi connectivity index (χ2v) is 5.00. The molecule has 0 saturated carbocycles. The summed E-state index contributed by atoms with van der Waals surface area (Å²) in [5.41, 5.74) is 1.63. The first-order valence-corrected chi connectivity index (χ1v) is 7.35. The molecule has 0 bridgehead atoms. The Bertz CT molecular complexity index is 750. The van der Waals surface area contributed by atoms with E-state index < -0.39 is 0 Å². The van der Waals surface area contributed by atoms with Crippen molar-refractivity contribution in [2.24, 2.45) is 0 Å². The van der Waals surface area contributed by atoms with Gasteiger partial charge in [0.2, 0.25) is 0 Å². The van der Waals surface area contributed by atoms with Crippen LogP contribution in [0.4, 0.5) is 0 Å². The molecule has 0 fully saturated rings. The minimum Gasteiger partial charge on any atom is -0.489 e. The number of carbonyl (C=O) groups excluding carboxylic acids is 1. The van der Waals surface area contributed by atoms with Gasteiger partial charge in [0.15, 0.2) is 0 Å². The summed E-state index contributed by atoms with van der Waals surface area (Å²) >= 11 is 0. The zero-order valence-electron chi connectivity index (χ0n) is 12.5. The molecule has 114 valence electrons. The Labute approximate surface area is 135 Å². The molecular weight excluding hydrogens is 288 g/mol. The van der Waals surface area contributed by atoms with Crippen LogP contribution >= 0.6 is 0 Å². The molecule has 0 aliphatic heterocycles. The van der Waals surface area contributed by atoms with Crippen molar-refractivity contribution in [3.8, 4) is 11.5 Å². The van der Waals surface area contributed by atoms with Crippen molar-refractivity contribution in [2.45, 2.75) is 6.61 Å². The first-order valence-electron chi connectivity index (χ1n) is 7.35. The Kier molecular flexibility index (Phi) is 4.69. The second kappa shape index (κ2) is 7.27. The van der Waals surface area contributed by atoms with Crippen molar-refractivity contribution in [3.05, 3.63) is 96.1 Å². The summed E-state index contributed by atoms with van der Waals surface area (Å²) in [7, 11) is 0. The quantitative estimate of drug-likeness (QED) is 0.515. The van der Waals surface area contributed by atoms with Crippen molar-refractivity contribution in [1.29, 1.82) is 0 Å². The third-order valence-corrected chi connectivity index (χ3v) is 3.29. The summed E-state index contributed by atoms with van der Waals surface area (Å²) in [6.07, 6.45) is 0. The lowest BCUT2D eigenvalue weighted by Gasteiger charge is -2.08. The average molecular weight is 304 g/mol. The summed E-state index contributed by atoms with van der Waals surface area (Å²) < 4.78 is 11.0. The lowest BCUT2D eigenvalue weighted by atomic mass is 10.2. The van der Waals surface area contributed by atoms with Crippen molar-refractivity contribution in [2.75, 3.05) is 0 Å². The minimum atomic E-state index is -0.372. The predicted molar refractivity (Wildman–Crippen MR) is 88.6 cm³/mol. The van der Waals surface area contributed by atoms with E-state index in [1.807, 2.05) is 36.4 Å². The van der Waals surface area contributed by atoms with Gasteiger partial charge in [-0.1, -0.05) is 48.5 Å². The van der Waals surface area contributed by atoms with Crippen LogP contribution in [-0.2, 0) is 6.61 Å². The Hall–Kier alpha value is -3.07. The van der Waals surface area contributed by atoms with E-state index in [9.17, 15) is 4.79 Å². The Balaban J connectivity index is 1.58. The van der Waals surface area contributed by atoms with Crippen molar-refractivity contribution in [1.82, 2.24) is 0 Å². The molecule has 3 rings (SSSR count). The van der Waals surface area contributed by atoms with E-state index in [0.29, 0.717) is 17.9 Å². The lowest BCUT2D eigenvalue weighted by molar-refractivity contribution is 0.0734. The van der Waals surface area contributed by atoms with Gasteiger partial charge in [-0.3, -0.25) is 0 Å². The number of rotatable bonds is 5. The zero-order valence-corrected chi connectivity index (χ0v) is 12.5. The maximum absolute atomic E-state index is 12.0. The number of carbonyl (C=O) groups is 1. The predicted octanol–water partition coefficient (Wildman–Crippen LogP) is 4.48. The van der Waals surface area contributed by atoms with Gasteiger partial charge in [-0.2, -0.15) is 0 Å². The van der Waals surface area contributed by atoms with Gasteiger partial charge in [0.05, 0.1) is 5.56 Å². The molecule has 0 aliphatic rings. The summed E-state index contributed by atoms with van der Waals surface area (Å²) in [6, 6.07) is 25.9. The zero-order chi connectivity index (χ0) is 15.9. The highest BCUT2D eigenvalue weighted by Crippen LogP contribution is 2.19. The maximum atomic E-state index is 12.0. The SMILES string of the molecule is O=C(Oc1ccc(OCc2ccccc2)cc1)c1ccccc1. The first kappa shape index (κ1) is 14.9. The molecule has 3 aromatic rings. The van der Waals surface area contributed by atoms with Gasteiger partial charge >= 0.3 is 5.97 Å². The summed E-state index contributed by atoms with van der Waals surface area (Å²) in [6.45, 7) is 0.504. The van der Waals surface area contributed by atoms with Crippen molar-refractivity contribution in [3.63, 3.8) is 0 Å². The van der Waals surface area contributed by atoms with E-state index in [0.717, 1.165) is 11.3 Å². The van der Waals surface area contributed by atoms with Gasteiger partial charge in [-0.05, 0) is 42.0 Å². The molecule has 0 spiro atoms. The fourth-order valence-electron chi connectivity index (χ4n) is 2.09. The normalized spacial score (nSPS) is 10.1. The van der Waals surface area contributed by atoms with Gasteiger partial charge in [-0.15, -0.1) is 0 Å². The van der Waals surface area contributed by atoms with Crippen LogP contribution in [-0.4, -0.2) is 5.97 Å². The molecular formula is C20H16O3. The second-order valence-electron chi connectivity index (χ2n) is 5.00. The third kappa shape index (κ3) is 4.20. The molecule has 0 saturated heterocycles. The highest BCUT2D eigenvalue weighted by Gasteiger charge is 2.07. The maximum Gasteiger partial charge on any atom is 0.343 e. The van der Waals surface area contributed by atoms with E-state index in [1.165, 1.54) is 0 Å². The molecule has 0 aromatic heterocycles. The molecule has 23 heavy (non-hydrogen) atoms. The molecule has 0 amide bonds. The third-order valence-electron chi connectivity index (χ3n) is 3.29. The van der Waals surface area contributed by atoms with E-state index >= 15 is 0 Å². The average Bonchev–Trinajstić information content (AvgIpc) is 2.63. The number of hydrogen-bond donors (Lipinski definition) is 0. The van der Waals surface area contributed by atoms with Crippen molar-refractivity contribution >= 4 is 5.97 Å². The topological polar surface area (TPSA) is 35.5 Å². The van der Waals surface area contributed by atoms with Crippen LogP contribution in [0.5, 0.6) is 11.5 Å². The largest absolute Gasteiger partial charge is 0.489 e. The Morgan fingerprint density at radius 3 is 1.91 bits per heavy atom. The van der Waals surface area contributed by atoms with Crippen LogP contribution in [0.3, 0.4) is 0 Å². The highest BCUT2D eigenvalue weighted by molar-refractivity contribution is 5.90. The summed E-state index contributed by atoms with van der Waals surface area (Å²) in [4.78, 5) is 12.0. The van der Waals surface area contributed by atoms with Crippen LogP contribution in [0.25, 0.3) is 0 Å². The summed E-state index contributed by atoms with van der Waals surface area (Å²) in [5.74, 6) is 0.850. The van der Waals surface area contributed by atoms with E-state index in [2.05, 4.69) is 0 Å². The van der Waals surface area contributed by atoms with E-state index in [4.69, 9.17) is 9.47 Å². The number of ether oxygens (including phenoxy) is 2. The van der Waals surface area contributed by atoms with Gasteiger partial charge in [-0.25, -0.2) is 4.79 Å². The number of esters is 1. The number of benzene rings is 3. The Morgan fingerprint density at radius 2 is 1.26 bits per heavy atom. The molecule has 0 heterocycles. The van der Waals surface area contributed by atoms with Crippen LogP contribution in [0, 0.1) is 0 Å². The lowest BCUT2D eigenvalue weighted by Crippen LogP contribution is -2.07. The Morgan fingerprint density at radius 1 is 0.696 bits per heavy atom. The van der Waals surface area contributed by atoms with Crippen LogP contribution in [0.1, 0.15) is 15.9 Å². The summed E-state index contributed by atoms with van der Waals surface area (Å²) in [5, 5.41) is 0. The molecule has 3 nitrogen and oxygen atoms in total. The standard InChI is InChI=1S/C20H16O3/c21-20(17-9-5-2-6-10-17)23-19-13-11-18(12-14-19)22-15-16-7-3-1-4-8-16/h1-14H,15H2. The van der Waals surface area contributed by atoms with E-state index in [1.54, 1.807) is 48.5 Å². The van der Waals surface area contributed by atoms with Gasteiger partial charge < -0.3 is 9.47 Å². The first-order chi connectivity index (χ1) is 11.3. The molecule has 3 heteroatoms.